The number of aliphatic hydroxyl groups is 4. The summed E-state index contributed by atoms with van der Waals surface area (Å²) >= 11 is 0. The van der Waals surface area contributed by atoms with Crippen molar-refractivity contribution in [2.24, 2.45) is 0 Å². The van der Waals surface area contributed by atoms with E-state index in [0.29, 0.717) is 12.8 Å². The minimum Gasteiger partial charge on any atom is -0.462 e. The molecule has 0 aromatic heterocycles. The lowest BCUT2D eigenvalue weighted by Gasteiger charge is -2.39. The molecule has 10 heteroatoms. The molecule has 0 spiro atoms. The molecular formula is C29H54O10. The summed E-state index contributed by atoms with van der Waals surface area (Å²) in [6, 6.07) is 0. The fourth-order valence-electron chi connectivity index (χ4n) is 4.48. The van der Waals surface area contributed by atoms with Crippen molar-refractivity contribution < 1.29 is 49.0 Å². The van der Waals surface area contributed by atoms with E-state index in [1.807, 2.05) is 6.92 Å². The summed E-state index contributed by atoms with van der Waals surface area (Å²) in [7, 11) is 0. The van der Waals surface area contributed by atoms with E-state index in [2.05, 4.69) is 6.92 Å². The normalized spacial score (nSPS) is 23.9. The summed E-state index contributed by atoms with van der Waals surface area (Å²) in [4.78, 5) is 24.5. The van der Waals surface area contributed by atoms with Crippen LogP contribution < -0.4 is 0 Å². The predicted molar refractivity (Wildman–Crippen MR) is 146 cm³/mol. The van der Waals surface area contributed by atoms with Crippen molar-refractivity contribution in [3.63, 3.8) is 0 Å². The van der Waals surface area contributed by atoms with Crippen LogP contribution in [0.15, 0.2) is 0 Å². The van der Waals surface area contributed by atoms with Crippen LogP contribution in [0.1, 0.15) is 117 Å². The minimum atomic E-state index is -1.58. The highest BCUT2D eigenvalue weighted by molar-refractivity contribution is 5.70. The second-order valence-electron chi connectivity index (χ2n) is 10.6. The monoisotopic (exact) mass is 562 g/mol. The summed E-state index contributed by atoms with van der Waals surface area (Å²) in [6.07, 6.45) is 7.86. The molecule has 1 fully saturated rings. The van der Waals surface area contributed by atoms with Crippen LogP contribution in [0.4, 0.5) is 0 Å². The number of ether oxygens (including phenoxy) is 4. The van der Waals surface area contributed by atoms with E-state index in [-0.39, 0.29) is 26.1 Å². The van der Waals surface area contributed by atoms with E-state index in [4.69, 9.17) is 18.9 Å². The molecule has 0 bridgehead atoms. The zero-order valence-electron chi connectivity index (χ0n) is 24.1. The van der Waals surface area contributed by atoms with Crippen molar-refractivity contribution in [2.75, 3.05) is 19.8 Å². The van der Waals surface area contributed by atoms with Gasteiger partial charge in [-0.2, -0.15) is 0 Å². The van der Waals surface area contributed by atoms with Gasteiger partial charge in [0, 0.05) is 12.8 Å². The van der Waals surface area contributed by atoms with Crippen LogP contribution in [0.3, 0.4) is 0 Å². The van der Waals surface area contributed by atoms with Crippen molar-refractivity contribution >= 4 is 11.9 Å². The molecule has 6 atom stereocenters. The lowest BCUT2D eigenvalue weighted by Crippen LogP contribution is -2.59. The summed E-state index contributed by atoms with van der Waals surface area (Å²) in [5, 5.41) is 39.4. The maximum Gasteiger partial charge on any atom is 0.306 e. The van der Waals surface area contributed by atoms with Gasteiger partial charge in [-0.05, 0) is 12.8 Å². The van der Waals surface area contributed by atoms with E-state index in [1.54, 1.807) is 0 Å². The standard InChI is InChI=1S/C29H54O10/c1-3-5-7-8-9-10-11-12-13-14-16-18-25(32)38-22(20-36-24(31)17-15-6-4-2)21-37-29-28(35)27(34)26(33)23(19-30)39-29/h22-23,26-30,33-35H,3-21H2,1-2H3. The first-order valence-electron chi connectivity index (χ1n) is 15.1. The number of carbonyl (C=O) groups is 2. The van der Waals surface area contributed by atoms with Gasteiger partial charge in [-0.15, -0.1) is 0 Å². The Balaban J connectivity index is 2.44. The van der Waals surface area contributed by atoms with Crippen LogP contribution in [0.5, 0.6) is 0 Å². The number of hydrogen-bond acceptors (Lipinski definition) is 10. The van der Waals surface area contributed by atoms with Crippen LogP contribution in [0.2, 0.25) is 0 Å². The van der Waals surface area contributed by atoms with Gasteiger partial charge in [0.1, 0.15) is 31.0 Å². The number of hydrogen-bond donors (Lipinski definition) is 4. The van der Waals surface area contributed by atoms with Gasteiger partial charge < -0.3 is 39.4 Å². The van der Waals surface area contributed by atoms with Crippen LogP contribution in [-0.2, 0) is 28.5 Å². The van der Waals surface area contributed by atoms with Crippen molar-refractivity contribution in [3.05, 3.63) is 0 Å². The van der Waals surface area contributed by atoms with Crippen molar-refractivity contribution in [1.82, 2.24) is 0 Å². The molecule has 1 aliphatic rings. The van der Waals surface area contributed by atoms with Gasteiger partial charge >= 0.3 is 11.9 Å². The fourth-order valence-corrected chi connectivity index (χ4v) is 4.48. The van der Waals surface area contributed by atoms with Gasteiger partial charge in [0.2, 0.25) is 0 Å². The Morgan fingerprint density at radius 1 is 0.692 bits per heavy atom. The number of unbranched alkanes of at least 4 members (excludes halogenated alkanes) is 12. The Kier molecular flexibility index (Phi) is 20.5. The molecule has 0 saturated carbocycles. The molecular weight excluding hydrogens is 508 g/mol. The molecule has 0 aromatic rings. The second-order valence-corrected chi connectivity index (χ2v) is 10.6. The molecule has 6 unspecified atom stereocenters. The fraction of sp³-hybridized carbons (Fsp3) is 0.931. The van der Waals surface area contributed by atoms with E-state index in [0.717, 1.165) is 32.1 Å². The molecule has 0 aliphatic carbocycles. The van der Waals surface area contributed by atoms with E-state index >= 15 is 0 Å². The maximum absolute atomic E-state index is 12.5. The zero-order valence-corrected chi connectivity index (χ0v) is 24.1. The van der Waals surface area contributed by atoms with Crippen molar-refractivity contribution in [2.45, 2.75) is 153 Å². The highest BCUT2D eigenvalue weighted by Crippen LogP contribution is 2.22. The quantitative estimate of drug-likeness (QED) is 0.107. The van der Waals surface area contributed by atoms with E-state index in [9.17, 15) is 30.0 Å². The van der Waals surface area contributed by atoms with Gasteiger partial charge in [-0.25, -0.2) is 0 Å². The molecule has 39 heavy (non-hydrogen) atoms. The van der Waals surface area contributed by atoms with Gasteiger partial charge in [0.05, 0.1) is 13.2 Å². The van der Waals surface area contributed by atoms with Gasteiger partial charge in [-0.1, -0.05) is 90.9 Å². The lowest BCUT2D eigenvalue weighted by molar-refractivity contribution is -0.305. The van der Waals surface area contributed by atoms with Gasteiger partial charge in [-0.3, -0.25) is 9.59 Å². The molecule has 1 aliphatic heterocycles. The Bertz CT molecular complexity index is 629. The summed E-state index contributed by atoms with van der Waals surface area (Å²) in [5.41, 5.74) is 0. The molecule has 4 N–H and O–H groups in total. The Morgan fingerprint density at radius 2 is 1.21 bits per heavy atom. The SMILES string of the molecule is CCCCCCCCCCCCCC(=O)OC(COC(=O)CCCCC)COC1OC(CO)C(O)C(O)C1O. The molecule has 1 rings (SSSR count). The summed E-state index contributed by atoms with van der Waals surface area (Å²) < 4.78 is 21.7. The van der Waals surface area contributed by atoms with Gasteiger partial charge in [0.15, 0.2) is 12.4 Å². The largest absolute Gasteiger partial charge is 0.462 e. The number of esters is 2. The first-order chi connectivity index (χ1) is 18.8. The Hall–Kier alpha value is -1.30. The average molecular weight is 563 g/mol. The number of aliphatic hydroxyl groups excluding tert-OH is 4. The predicted octanol–water partition coefficient (Wildman–Crippen LogP) is 3.54. The third kappa shape index (κ3) is 15.9. The molecule has 0 aromatic carbocycles. The topological polar surface area (TPSA) is 152 Å². The van der Waals surface area contributed by atoms with Crippen LogP contribution in [0, 0.1) is 0 Å². The summed E-state index contributed by atoms with van der Waals surface area (Å²) in [5.74, 6) is -0.835. The van der Waals surface area contributed by atoms with Crippen LogP contribution >= 0.6 is 0 Å². The Labute approximate surface area is 234 Å². The first-order valence-corrected chi connectivity index (χ1v) is 15.1. The molecule has 0 radical (unpaired) electrons. The van der Waals surface area contributed by atoms with Gasteiger partial charge in [0.25, 0.3) is 0 Å². The summed E-state index contributed by atoms with van der Waals surface area (Å²) in [6.45, 7) is 3.18. The third-order valence-corrected chi connectivity index (χ3v) is 6.99. The van der Waals surface area contributed by atoms with E-state index in [1.165, 1.54) is 44.9 Å². The highest BCUT2D eigenvalue weighted by Gasteiger charge is 2.44. The molecule has 230 valence electrons. The van der Waals surface area contributed by atoms with E-state index < -0.39 is 55.4 Å². The Morgan fingerprint density at radius 3 is 1.79 bits per heavy atom. The third-order valence-electron chi connectivity index (χ3n) is 6.99. The van der Waals surface area contributed by atoms with Crippen LogP contribution in [0.25, 0.3) is 0 Å². The minimum absolute atomic E-state index is 0.216. The van der Waals surface area contributed by atoms with Crippen molar-refractivity contribution in [1.29, 1.82) is 0 Å². The lowest BCUT2D eigenvalue weighted by atomic mass is 9.99. The first kappa shape index (κ1) is 35.7. The van der Waals surface area contributed by atoms with Crippen molar-refractivity contribution in [3.8, 4) is 0 Å². The molecule has 0 amide bonds. The second kappa shape index (κ2) is 22.4. The molecule has 1 saturated heterocycles. The molecule has 10 nitrogen and oxygen atoms in total. The average Bonchev–Trinajstić information content (AvgIpc) is 2.92. The highest BCUT2D eigenvalue weighted by atomic mass is 16.7. The number of rotatable bonds is 23. The van der Waals surface area contributed by atoms with Crippen LogP contribution in [-0.4, -0.2) is 89.0 Å². The maximum atomic E-state index is 12.5. The molecule has 1 heterocycles. The number of carbonyl (C=O) groups excluding carboxylic acids is 2. The zero-order chi connectivity index (χ0) is 28.9. The smallest absolute Gasteiger partial charge is 0.306 e.